The van der Waals surface area contributed by atoms with Crippen molar-refractivity contribution in [3.63, 3.8) is 0 Å². The SMILES string of the molecule is Cc1cc(C)n(C[C@H](C)NCCCn2ccccc2=O)n1. The molecule has 5 nitrogen and oxygen atoms in total. The van der Waals surface area contributed by atoms with E-state index in [0.29, 0.717) is 6.04 Å². The molecule has 0 fully saturated rings. The first-order valence-corrected chi connectivity index (χ1v) is 7.46. The fourth-order valence-electron chi connectivity index (χ4n) is 2.43. The van der Waals surface area contributed by atoms with Crippen molar-refractivity contribution in [1.82, 2.24) is 19.7 Å². The molecule has 1 N–H and O–H groups in total. The Balaban J connectivity index is 1.72. The van der Waals surface area contributed by atoms with Crippen molar-refractivity contribution in [2.45, 2.75) is 46.3 Å². The third-order valence-corrected chi connectivity index (χ3v) is 3.52. The van der Waals surface area contributed by atoms with Gasteiger partial charge in [-0.25, -0.2) is 0 Å². The summed E-state index contributed by atoms with van der Waals surface area (Å²) in [6, 6.07) is 7.71. The Bertz CT molecular complexity index is 629. The van der Waals surface area contributed by atoms with Crippen LogP contribution in [-0.4, -0.2) is 26.9 Å². The molecule has 2 aromatic rings. The number of rotatable bonds is 7. The van der Waals surface area contributed by atoms with Crippen LogP contribution in [0.15, 0.2) is 35.3 Å². The number of nitrogens with zero attached hydrogens (tertiary/aromatic N) is 3. The first-order valence-electron chi connectivity index (χ1n) is 7.46. The van der Waals surface area contributed by atoms with Gasteiger partial charge in [0, 0.05) is 30.5 Å². The van der Waals surface area contributed by atoms with E-state index in [-0.39, 0.29) is 5.56 Å². The Hall–Kier alpha value is -1.88. The van der Waals surface area contributed by atoms with E-state index in [0.717, 1.165) is 31.7 Å². The van der Waals surface area contributed by atoms with Crippen LogP contribution in [0.25, 0.3) is 0 Å². The average molecular weight is 288 g/mol. The molecule has 0 aromatic carbocycles. The van der Waals surface area contributed by atoms with Crippen LogP contribution in [0.3, 0.4) is 0 Å². The van der Waals surface area contributed by atoms with Gasteiger partial charge in [-0.1, -0.05) is 6.07 Å². The number of aromatic nitrogens is 3. The molecular formula is C16H24N4O. The van der Waals surface area contributed by atoms with E-state index in [1.807, 2.05) is 23.9 Å². The van der Waals surface area contributed by atoms with Crippen LogP contribution in [0.1, 0.15) is 24.7 Å². The maximum Gasteiger partial charge on any atom is 0.250 e. The van der Waals surface area contributed by atoms with Gasteiger partial charge >= 0.3 is 0 Å². The molecule has 0 aliphatic carbocycles. The Kier molecular flexibility index (Phi) is 5.33. The second-order valence-corrected chi connectivity index (χ2v) is 5.55. The van der Waals surface area contributed by atoms with Gasteiger partial charge in [-0.05, 0) is 45.9 Å². The standard InChI is InChI=1S/C16H24N4O/c1-13-11-15(3)20(18-13)12-14(2)17-8-6-10-19-9-5-4-7-16(19)21/h4-5,7,9,11,14,17H,6,8,10,12H2,1-3H3/t14-/m0/s1. The summed E-state index contributed by atoms with van der Waals surface area (Å²) in [7, 11) is 0. The summed E-state index contributed by atoms with van der Waals surface area (Å²) in [5.74, 6) is 0. The zero-order chi connectivity index (χ0) is 15.2. The van der Waals surface area contributed by atoms with E-state index in [1.165, 1.54) is 5.69 Å². The molecule has 0 saturated heterocycles. The molecule has 0 saturated carbocycles. The molecule has 0 bridgehead atoms. The minimum Gasteiger partial charge on any atom is -0.315 e. The third-order valence-electron chi connectivity index (χ3n) is 3.52. The minimum atomic E-state index is 0.0631. The van der Waals surface area contributed by atoms with Crippen molar-refractivity contribution in [2.75, 3.05) is 6.54 Å². The molecule has 114 valence electrons. The molecular weight excluding hydrogens is 264 g/mol. The quantitative estimate of drug-likeness (QED) is 0.789. The maximum absolute atomic E-state index is 11.6. The van der Waals surface area contributed by atoms with Gasteiger partial charge in [0.25, 0.3) is 0 Å². The zero-order valence-electron chi connectivity index (χ0n) is 13.0. The molecule has 0 aliphatic heterocycles. The van der Waals surface area contributed by atoms with E-state index in [1.54, 1.807) is 16.7 Å². The molecule has 0 amide bonds. The first kappa shape index (κ1) is 15.5. The van der Waals surface area contributed by atoms with E-state index < -0.39 is 0 Å². The predicted molar refractivity (Wildman–Crippen MR) is 84.5 cm³/mol. The molecule has 0 aliphatic rings. The van der Waals surface area contributed by atoms with Crippen LogP contribution in [0.5, 0.6) is 0 Å². The van der Waals surface area contributed by atoms with Crippen LogP contribution >= 0.6 is 0 Å². The van der Waals surface area contributed by atoms with Gasteiger partial charge in [-0.3, -0.25) is 9.48 Å². The van der Waals surface area contributed by atoms with Crippen LogP contribution < -0.4 is 10.9 Å². The van der Waals surface area contributed by atoms with Crippen molar-refractivity contribution in [3.8, 4) is 0 Å². The number of pyridine rings is 1. The lowest BCUT2D eigenvalue weighted by molar-refractivity contribution is 0.433. The van der Waals surface area contributed by atoms with Crippen molar-refractivity contribution >= 4 is 0 Å². The normalized spacial score (nSPS) is 12.5. The summed E-state index contributed by atoms with van der Waals surface area (Å²) in [4.78, 5) is 11.6. The van der Waals surface area contributed by atoms with Gasteiger partial charge in [0.1, 0.15) is 0 Å². The highest BCUT2D eigenvalue weighted by Crippen LogP contribution is 2.02. The number of aryl methyl sites for hydroxylation is 3. The van der Waals surface area contributed by atoms with Crippen LogP contribution in [0, 0.1) is 13.8 Å². The van der Waals surface area contributed by atoms with Gasteiger partial charge in [-0.2, -0.15) is 5.10 Å². The lowest BCUT2D eigenvalue weighted by Crippen LogP contribution is -2.32. The van der Waals surface area contributed by atoms with Crippen molar-refractivity contribution < 1.29 is 0 Å². The maximum atomic E-state index is 11.6. The van der Waals surface area contributed by atoms with E-state index in [4.69, 9.17) is 0 Å². The minimum absolute atomic E-state index is 0.0631. The van der Waals surface area contributed by atoms with Crippen LogP contribution in [0.2, 0.25) is 0 Å². The Morgan fingerprint density at radius 3 is 2.81 bits per heavy atom. The molecule has 0 radical (unpaired) electrons. The van der Waals surface area contributed by atoms with E-state index in [2.05, 4.69) is 30.3 Å². The Morgan fingerprint density at radius 1 is 1.33 bits per heavy atom. The van der Waals surface area contributed by atoms with Crippen LogP contribution in [-0.2, 0) is 13.1 Å². The lowest BCUT2D eigenvalue weighted by atomic mass is 10.3. The highest BCUT2D eigenvalue weighted by Gasteiger charge is 2.06. The Labute approximate surface area is 125 Å². The zero-order valence-corrected chi connectivity index (χ0v) is 13.0. The van der Waals surface area contributed by atoms with Gasteiger partial charge in [0.05, 0.1) is 12.2 Å². The Morgan fingerprint density at radius 2 is 2.14 bits per heavy atom. The molecule has 5 heteroatoms. The van der Waals surface area contributed by atoms with Crippen molar-refractivity contribution in [2.24, 2.45) is 0 Å². The van der Waals surface area contributed by atoms with E-state index >= 15 is 0 Å². The summed E-state index contributed by atoms with van der Waals surface area (Å²) in [5, 5.41) is 7.95. The monoisotopic (exact) mass is 288 g/mol. The summed E-state index contributed by atoms with van der Waals surface area (Å²) in [5.41, 5.74) is 2.31. The molecule has 2 rings (SSSR count). The second-order valence-electron chi connectivity index (χ2n) is 5.55. The fourth-order valence-corrected chi connectivity index (χ4v) is 2.43. The van der Waals surface area contributed by atoms with Gasteiger partial charge in [0.2, 0.25) is 5.56 Å². The number of nitrogens with one attached hydrogen (secondary N) is 1. The molecule has 2 aromatic heterocycles. The highest BCUT2D eigenvalue weighted by atomic mass is 16.1. The average Bonchev–Trinajstić information content (AvgIpc) is 2.75. The molecule has 21 heavy (non-hydrogen) atoms. The predicted octanol–water partition coefficient (Wildman–Crippen LogP) is 1.73. The van der Waals surface area contributed by atoms with Crippen molar-refractivity contribution in [3.05, 3.63) is 52.2 Å². The highest BCUT2D eigenvalue weighted by molar-refractivity contribution is 5.06. The summed E-state index contributed by atoms with van der Waals surface area (Å²) >= 11 is 0. The van der Waals surface area contributed by atoms with Gasteiger partial charge < -0.3 is 9.88 Å². The van der Waals surface area contributed by atoms with Gasteiger partial charge in [-0.15, -0.1) is 0 Å². The summed E-state index contributed by atoms with van der Waals surface area (Å²) in [6.45, 7) is 8.75. The summed E-state index contributed by atoms with van der Waals surface area (Å²) < 4.78 is 3.78. The summed E-state index contributed by atoms with van der Waals surface area (Å²) in [6.07, 6.45) is 2.77. The van der Waals surface area contributed by atoms with E-state index in [9.17, 15) is 4.79 Å². The first-order chi connectivity index (χ1) is 10.1. The smallest absolute Gasteiger partial charge is 0.250 e. The van der Waals surface area contributed by atoms with Gasteiger partial charge in [0.15, 0.2) is 0 Å². The lowest BCUT2D eigenvalue weighted by Gasteiger charge is -2.15. The number of hydrogen-bond acceptors (Lipinski definition) is 3. The van der Waals surface area contributed by atoms with Crippen LogP contribution in [0.4, 0.5) is 0 Å². The fraction of sp³-hybridized carbons (Fsp3) is 0.500. The molecule has 0 spiro atoms. The third kappa shape index (κ3) is 4.56. The van der Waals surface area contributed by atoms with Crippen molar-refractivity contribution in [1.29, 1.82) is 0 Å². The molecule has 0 unspecified atom stereocenters. The topological polar surface area (TPSA) is 51.9 Å². The largest absolute Gasteiger partial charge is 0.315 e. The number of hydrogen-bond donors (Lipinski definition) is 1. The molecule has 1 atom stereocenters. The second kappa shape index (κ2) is 7.22. The molecule has 2 heterocycles.